The smallest absolute Gasteiger partial charge is 0.0654 e. The summed E-state index contributed by atoms with van der Waals surface area (Å²) in [4.78, 5) is 0. The first-order valence-corrected chi connectivity index (χ1v) is 46.4. The van der Waals surface area contributed by atoms with E-state index in [-0.39, 0.29) is 16.2 Å². The van der Waals surface area contributed by atoms with Crippen molar-refractivity contribution >= 4 is 0 Å². The molecule has 1 spiro atoms. The lowest BCUT2D eigenvalue weighted by atomic mass is 9.68. The average molecular weight is 1600 g/mol. The van der Waals surface area contributed by atoms with Gasteiger partial charge in [0.2, 0.25) is 0 Å². The van der Waals surface area contributed by atoms with Gasteiger partial charge in [-0.1, -0.05) is 416 Å². The summed E-state index contributed by atoms with van der Waals surface area (Å²) in [6.07, 6.45) is 26.8. The zero-order valence-corrected chi connectivity index (χ0v) is 79.7. The number of benzene rings is 12. The molecule has 0 aromatic heterocycles. The van der Waals surface area contributed by atoms with Crippen LogP contribution in [0.4, 0.5) is 0 Å². The van der Waals surface area contributed by atoms with E-state index in [0.717, 1.165) is 0 Å². The van der Waals surface area contributed by atoms with Crippen molar-refractivity contribution in [1.82, 2.24) is 0 Å². The third-order valence-electron chi connectivity index (χ3n) is 25.0. The minimum atomic E-state index is -0.282. The van der Waals surface area contributed by atoms with Crippen LogP contribution in [0.25, 0.3) is 44.5 Å². The highest BCUT2D eigenvalue weighted by Crippen LogP contribution is 2.64. The van der Waals surface area contributed by atoms with Gasteiger partial charge in [-0.2, -0.15) is 0 Å². The zero-order valence-electron chi connectivity index (χ0n) is 79.7. The van der Waals surface area contributed by atoms with Crippen molar-refractivity contribution in [3.05, 3.63) is 376 Å². The zero-order chi connectivity index (χ0) is 87.3. The molecule has 0 N–H and O–H groups in total. The highest BCUT2D eigenvalue weighted by Gasteiger charge is 2.52. The number of rotatable bonds is 22. The quantitative estimate of drug-likeness (QED) is 0.0593. The van der Waals surface area contributed by atoms with Crippen molar-refractivity contribution in [3.63, 3.8) is 0 Å². The van der Waals surface area contributed by atoms with Gasteiger partial charge >= 0.3 is 0 Å². The van der Waals surface area contributed by atoms with Crippen LogP contribution in [0.2, 0.25) is 0 Å². The third kappa shape index (κ3) is 26.8. The van der Waals surface area contributed by atoms with Crippen molar-refractivity contribution < 1.29 is 0 Å². The molecule has 2 aliphatic rings. The lowest BCUT2D eigenvalue weighted by Crippen LogP contribution is -2.27. The van der Waals surface area contributed by atoms with Crippen LogP contribution in [-0.2, 0) is 41.9 Å². The topological polar surface area (TPSA) is 0 Å². The van der Waals surface area contributed by atoms with Gasteiger partial charge in [-0.3, -0.25) is 0 Å². The Balaban J connectivity index is 0.000000185. The van der Waals surface area contributed by atoms with Gasteiger partial charge in [0.05, 0.1) is 5.41 Å². The largest absolute Gasteiger partial charge is 0.0725 e. The molecule has 0 atom stereocenters. The summed E-state index contributed by atoms with van der Waals surface area (Å²) >= 11 is 0. The van der Waals surface area contributed by atoms with E-state index in [4.69, 9.17) is 0 Å². The first-order chi connectivity index (χ1) is 57.3. The first-order valence-electron chi connectivity index (χ1n) is 46.4. The van der Waals surface area contributed by atoms with Crippen molar-refractivity contribution in [2.45, 2.75) is 318 Å². The van der Waals surface area contributed by atoms with Gasteiger partial charge in [-0.25, -0.2) is 0 Å². The lowest BCUT2D eigenvalue weighted by molar-refractivity contribution is 0.586. The molecule has 0 heteroatoms. The second-order valence-corrected chi connectivity index (χ2v) is 37.6. The van der Waals surface area contributed by atoms with Crippen molar-refractivity contribution in [2.24, 2.45) is 0 Å². The Kier molecular flexibility index (Phi) is 37.3. The third-order valence-corrected chi connectivity index (χ3v) is 25.0. The molecule has 0 bridgehead atoms. The molecule has 0 nitrogen and oxygen atoms in total. The maximum absolute atomic E-state index is 2.52. The average Bonchev–Trinajstić information content (AvgIpc) is 1.50. The number of hydrogen-bond acceptors (Lipinski definition) is 0. The van der Waals surface area contributed by atoms with Gasteiger partial charge < -0.3 is 0 Å². The highest BCUT2D eigenvalue weighted by atomic mass is 14.5. The summed E-state index contributed by atoms with van der Waals surface area (Å²) in [7, 11) is 0. The Hall–Kier alpha value is -9.36. The summed E-state index contributed by atoms with van der Waals surface area (Å²) in [5.74, 6) is 0. The van der Waals surface area contributed by atoms with Gasteiger partial charge in [-0.05, 0) is 316 Å². The van der Waals surface area contributed by atoms with E-state index in [1.54, 1.807) is 22.3 Å². The molecular formula is C120H154. The van der Waals surface area contributed by atoms with Crippen LogP contribution in [0.3, 0.4) is 0 Å². The minimum absolute atomic E-state index is 0.0883. The van der Waals surface area contributed by atoms with Crippen LogP contribution in [0, 0.1) is 104 Å². The number of aryl methyl sites for hydroxylation is 18. The molecule has 0 aliphatic heterocycles. The minimum Gasteiger partial charge on any atom is -0.0654 e. The molecule has 0 saturated heterocycles. The summed E-state index contributed by atoms with van der Waals surface area (Å²) in [5, 5.41) is 0. The molecule has 14 rings (SSSR count). The number of unbranched alkanes of at least 4 members (excludes halogenated alkanes) is 12. The van der Waals surface area contributed by atoms with Crippen LogP contribution < -0.4 is 0 Å². The van der Waals surface area contributed by atoms with Crippen LogP contribution in [0.15, 0.2) is 237 Å². The highest BCUT2D eigenvalue weighted by molar-refractivity contribution is 5.95. The molecule has 12 aromatic rings. The molecule has 120 heavy (non-hydrogen) atoms. The molecule has 0 saturated carbocycles. The van der Waals surface area contributed by atoms with Crippen LogP contribution in [0.5, 0.6) is 0 Å². The second-order valence-electron chi connectivity index (χ2n) is 37.6. The Morgan fingerprint density at radius 3 is 0.850 bits per heavy atom. The lowest BCUT2D eigenvalue weighted by Gasteiger charge is -2.33. The Morgan fingerprint density at radius 1 is 0.208 bits per heavy atom. The Morgan fingerprint density at radius 2 is 0.508 bits per heavy atom. The predicted molar refractivity (Wildman–Crippen MR) is 532 cm³/mol. The number of hydrogen-bond donors (Lipinski definition) is 0. The van der Waals surface area contributed by atoms with Gasteiger partial charge in [-0.15, -0.1) is 0 Å². The molecule has 0 heterocycles. The molecule has 2 aliphatic carbocycles. The van der Waals surface area contributed by atoms with E-state index < -0.39 is 0 Å². The SMILES string of the molecule is CCCCCCc1c(C)cccc1C.CCCCCCc1cc(C)c(C)cc1C.CCCCCCc1cc(C)c(CCCCCC)cc1C.Cc1cc(-c2ccccc2)c(C)cc1-c1ccccc1.Cc1ccc(C)cc1.Cc1ccc2c(c1)C1(c3cc(C)ccc3-2)c2cc(C(C)(C)C)ccc2-c2ccc(C(C)(C)C)cc21.Cc1cccc(C)c1. The Labute approximate surface area is 733 Å². The normalized spacial score (nSPS) is 11.8. The maximum Gasteiger partial charge on any atom is 0.0725 e. The maximum atomic E-state index is 2.52. The molecule has 12 aromatic carbocycles. The van der Waals surface area contributed by atoms with E-state index >= 15 is 0 Å². The van der Waals surface area contributed by atoms with E-state index in [1.807, 2.05) is 0 Å². The van der Waals surface area contributed by atoms with Gasteiger partial charge in [0.15, 0.2) is 0 Å². The standard InChI is InChI=1S/C35H36.C20H18.C20H34.C15H24.C14H22.2C8H10/c1-21-9-13-25-26-14-10-22(2)18-30(26)35(29(25)17-21)31-19-23(33(3,4)5)11-15-27(31)28-16-12-24(20-32(28)35)34(6,7)8;1-15-13-20(18-11-7-4-8-12-18)16(2)14-19(15)17-9-5-3-6-10-17;1-5-7-9-11-13-19-15-18(4)20(16-17(19)3)14-12-10-8-6-2;1-5-6-7-8-9-15-11-13(3)12(2)10-14(15)4;1-4-5-6-7-11-14-12(2)9-8-10-13(14)3;1-7-3-5-8(2)6-4-7;1-7-4-3-5-8(2)6-7/h9-20H,1-8H3;3-14H,1-2H3;15-16H,5-14H2,1-4H3;10-11H,5-9H2,1-4H3;8-10H,4-7,11H2,1-3H3;2*3-6H,1-2H3. The van der Waals surface area contributed by atoms with Crippen molar-refractivity contribution in [3.8, 4) is 44.5 Å². The predicted octanol–water partition coefficient (Wildman–Crippen LogP) is 35.2. The fourth-order valence-electron chi connectivity index (χ4n) is 17.5. The number of fused-ring (bicyclic) bond motifs is 10. The second kappa shape index (κ2) is 46.6. The van der Waals surface area contributed by atoms with Gasteiger partial charge in [0.25, 0.3) is 0 Å². The summed E-state index contributed by atoms with van der Waals surface area (Å²) in [6, 6.07) is 87.6. The van der Waals surface area contributed by atoms with E-state index in [1.165, 1.54) is 290 Å². The van der Waals surface area contributed by atoms with Gasteiger partial charge in [0.1, 0.15) is 0 Å². The summed E-state index contributed by atoms with van der Waals surface area (Å²) < 4.78 is 0. The first kappa shape index (κ1) is 96.1. The fourth-order valence-corrected chi connectivity index (χ4v) is 17.5. The molecular weight excluding hydrogens is 1440 g/mol. The van der Waals surface area contributed by atoms with Crippen molar-refractivity contribution in [1.29, 1.82) is 0 Å². The van der Waals surface area contributed by atoms with Gasteiger partial charge in [0, 0.05) is 0 Å². The van der Waals surface area contributed by atoms with Crippen molar-refractivity contribution in [2.75, 3.05) is 0 Å². The summed E-state index contributed by atoms with van der Waals surface area (Å²) in [6.45, 7) is 56.0. The fraction of sp³-hybridized carbons (Fsp3) is 0.400. The van der Waals surface area contributed by atoms with E-state index in [0.29, 0.717) is 0 Å². The molecule has 0 radical (unpaired) electrons. The molecule has 0 unspecified atom stereocenters. The molecule has 634 valence electrons. The summed E-state index contributed by atoms with van der Waals surface area (Å²) in [5.41, 5.74) is 46.4. The van der Waals surface area contributed by atoms with E-state index in [9.17, 15) is 0 Å². The van der Waals surface area contributed by atoms with E-state index in [2.05, 4.69) is 410 Å². The molecule has 0 amide bonds. The molecule has 0 fully saturated rings. The van der Waals surface area contributed by atoms with Crippen LogP contribution in [0.1, 0.15) is 311 Å². The van der Waals surface area contributed by atoms with Crippen LogP contribution in [-0.4, -0.2) is 0 Å². The monoisotopic (exact) mass is 1600 g/mol. The van der Waals surface area contributed by atoms with Crippen LogP contribution >= 0.6 is 0 Å². The Bertz CT molecular complexity index is 4890.